The fraction of sp³-hybridized carbons (Fsp3) is 0.600. The van der Waals surface area contributed by atoms with Gasteiger partial charge in [-0.05, 0) is 26.3 Å². The summed E-state index contributed by atoms with van der Waals surface area (Å²) in [6, 6.07) is 0. The second-order valence-electron chi connectivity index (χ2n) is 3.57. The monoisotopic (exact) mass is 210 g/mol. The summed E-state index contributed by atoms with van der Waals surface area (Å²) in [5, 5.41) is 0.876. The second kappa shape index (κ2) is 3.87. The zero-order valence-electron chi connectivity index (χ0n) is 8.70. The van der Waals surface area contributed by atoms with Crippen LogP contribution < -0.4 is 0 Å². The molecule has 0 N–H and O–H groups in total. The smallest absolute Gasteiger partial charge is 0.188 e. The van der Waals surface area contributed by atoms with E-state index in [1.807, 2.05) is 13.8 Å². The van der Waals surface area contributed by atoms with Crippen LogP contribution in [0.2, 0.25) is 0 Å². The van der Waals surface area contributed by atoms with Gasteiger partial charge in [-0.3, -0.25) is 0 Å². The first kappa shape index (κ1) is 9.93. The van der Waals surface area contributed by atoms with Gasteiger partial charge in [0.2, 0.25) is 0 Å². The normalized spacial score (nSPS) is 19.8. The maximum Gasteiger partial charge on any atom is 0.188 e. The average Bonchev–Trinajstić information content (AvgIpc) is 2.94. The first-order valence-corrected chi connectivity index (χ1v) is 5.71. The van der Waals surface area contributed by atoms with Crippen molar-refractivity contribution >= 4 is 11.8 Å². The van der Waals surface area contributed by atoms with Crippen molar-refractivity contribution in [1.29, 1.82) is 0 Å². The minimum absolute atomic E-state index is 0.436. The molecular weight excluding hydrogens is 196 g/mol. The number of rotatable bonds is 3. The quantitative estimate of drug-likeness (QED) is 0.434. The molecule has 2 rings (SSSR count). The number of hydrogen-bond acceptors (Lipinski definition) is 4. The molecule has 14 heavy (non-hydrogen) atoms. The van der Waals surface area contributed by atoms with Crippen LogP contribution in [0.15, 0.2) is 5.16 Å². The van der Waals surface area contributed by atoms with Gasteiger partial charge in [-0.1, -0.05) is 11.8 Å². The van der Waals surface area contributed by atoms with Gasteiger partial charge in [0.1, 0.15) is 0 Å². The van der Waals surface area contributed by atoms with E-state index in [1.165, 1.54) is 5.56 Å². The molecule has 1 fully saturated rings. The molecule has 4 heteroatoms. The van der Waals surface area contributed by atoms with Crippen molar-refractivity contribution in [2.24, 2.45) is 0 Å². The van der Waals surface area contributed by atoms with Crippen molar-refractivity contribution in [3.63, 3.8) is 0 Å². The van der Waals surface area contributed by atoms with Crippen LogP contribution in [0, 0.1) is 20.8 Å². The molecular formula is C10H14N2OS. The van der Waals surface area contributed by atoms with E-state index in [2.05, 4.69) is 16.9 Å². The SMILES string of the molecule is Cc1nc(SC[C@H]2CO2)nc(C)c1C. The Morgan fingerprint density at radius 2 is 1.86 bits per heavy atom. The molecule has 0 bridgehead atoms. The Hall–Kier alpha value is -0.610. The number of aromatic nitrogens is 2. The molecule has 0 unspecified atom stereocenters. The molecule has 0 amide bonds. The lowest BCUT2D eigenvalue weighted by Gasteiger charge is -2.05. The fourth-order valence-corrected chi connectivity index (χ4v) is 2.07. The molecule has 3 nitrogen and oxygen atoms in total. The van der Waals surface area contributed by atoms with Crippen LogP contribution in [0.4, 0.5) is 0 Å². The maximum absolute atomic E-state index is 5.14. The largest absolute Gasteiger partial charge is 0.372 e. The van der Waals surface area contributed by atoms with Crippen molar-refractivity contribution in [2.45, 2.75) is 32.0 Å². The predicted molar refractivity (Wildman–Crippen MR) is 56.7 cm³/mol. The molecule has 0 aliphatic carbocycles. The van der Waals surface area contributed by atoms with Crippen molar-refractivity contribution in [3.05, 3.63) is 17.0 Å². The summed E-state index contributed by atoms with van der Waals surface area (Å²) in [4.78, 5) is 8.86. The minimum Gasteiger partial charge on any atom is -0.372 e. The third-order valence-corrected chi connectivity index (χ3v) is 3.39. The lowest BCUT2D eigenvalue weighted by Crippen LogP contribution is -1.99. The van der Waals surface area contributed by atoms with Crippen molar-refractivity contribution in [1.82, 2.24) is 9.97 Å². The highest BCUT2D eigenvalue weighted by molar-refractivity contribution is 7.99. The maximum atomic E-state index is 5.14. The minimum atomic E-state index is 0.436. The van der Waals surface area contributed by atoms with E-state index in [4.69, 9.17) is 4.74 Å². The highest BCUT2D eigenvalue weighted by Crippen LogP contribution is 2.22. The van der Waals surface area contributed by atoms with Gasteiger partial charge in [-0.15, -0.1) is 0 Å². The predicted octanol–water partition coefficient (Wildman–Crippen LogP) is 1.89. The van der Waals surface area contributed by atoms with Crippen molar-refractivity contribution in [2.75, 3.05) is 12.4 Å². The van der Waals surface area contributed by atoms with Crippen molar-refractivity contribution in [3.8, 4) is 0 Å². The standard InChI is InChI=1S/C10H14N2OS/c1-6-7(2)11-10(12-8(6)3)14-5-9-4-13-9/h9H,4-5H2,1-3H3/t9-/m1/s1. The van der Waals surface area contributed by atoms with Crippen LogP contribution in [0.1, 0.15) is 17.0 Å². The van der Waals surface area contributed by atoms with Crippen LogP contribution >= 0.6 is 11.8 Å². The Morgan fingerprint density at radius 1 is 1.29 bits per heavy atom. The third-order valence-electron chi connectivity index (χ3n) is 2.41. The first-order valence-electron chi connectivity index (χ1n) is 4.73. The van der Waals surface area contributed by atoms with E-state index >= 15 is 0 Å². The van der Waals surface area contributed by atoms with Gasteiger partial charge < -0.3 is 4.74 Å². The number of ether oxygens (including phenoxy) is 1. The Kier molecular flexibility index (Phi) is 2.74. The van der Waals surface area contributed by atoms with Gasteiger partial charge in [0.15, 0.2) is 5.16 Å². The Bertz CT molecular complexity index is 327. The summed E-state index contributed by atoms with van der Waals surface area (Å²) >= 11 is 1.68. The number of hydrogen-bond donors (Lipinski definition) is 0. The lowest BCUT2D eigenvalue weighted by molar-refractivity contribution is 0.426. The molecule has 1 aliphatic rings. The lowest BCUT2D eigenvalue weighted by atomic mass is 10.2. The van der Waals surface area contributed by atoms with Crippen LogP contribution in [0.5, 0.6) is 0 Å². The van der Waals surface area contributed by atoms with Gasteiger partial charge in [0, 0.05) is 17.1 Å². The number of nitrogens with zero attached hydrogens (tertiary/aromatic N) is 2. The summed E-state index contributed by atoms with van der Waals surface area (Å²) in [6.45, 7) is 7.02. The Labute approximate surface area is 88.3 Å². The molecule has 1 aliphatic heterocycles. The zero-order valence-corrected chi connectivity index (χ0v) is 9.52. The molecule has 0 spiro atoms. The van der Waals surface area contributed by atoms with E-state index in [-0.39, 0.29) is 0 Å². The van der Waals surface area contributed by atoms with Gasteiger partial charge in [-0.25, -0.2) is 9.97 Å². The van der Waals surface area contributed by atoms with Gasteiger partial charge in [0.25, 0.3) is 0 Å². The van der Waals surface area contributed by atoms with Crippen LogP contribution in [-0.4, -0.2) is 28.4 Å². The average molecular weight is 210 g/mol. The molecule has 0 radical (unpaired) electrons. The molecule has 0 aromatic carbocycles. The summed E-state index contributed by atoms with van der Waals surface area (Å²) in [6.07, 6.45) is 0.436. The number of epoxide rings is 1. The molecule has 2 heterocycles. The topological polar surface area (TPSA) is 38.3 Å². The zero-order chi connectivity index (χ0) is 10.1. The second-order valence-corrected chi connectivity index (χ2v) is 4.56. The van der Waals surface area contributed by atoms with E-state index < -0.39 is 0 Å². The molecule has 1 aromatic heterocycles. The van der Waals surface area contributed by atoms with Gasteiger partial charge in [0.05, 0.1) is 12.7 Å². The molecule has 1 aromatic rings. The van der Waals surface area contributed by atoms with Crippen molar-refractivity contribution < 1.29 is 4.74 Å². The fourth-order valence-electron chi connectivity index (χ4n) is 1.14. The first-order chi connectivity index (χ1) is 6.66. The Morgan fingerprint density at radius 3 is 2.36 bits per heavy atom. The van der Waals surface area contributed by atoms with E-state index in [0.29, 0.717) is 6.10 Å². The molecule has 1 saturated heterocycles. The molecule has 76 valence electrons. The van der Waals surface area contributed by atoms with Crippen LogP contribution in [0.3, 0.4) is 0 Å². The van der Waals surface area contributed by atoms with Crippen LogP contribution in [-0.2, 0) is 4.74 Å². The summed E-state index contributed by atoms with van der Waals surface area (Å²) in [7, 11) is 0. The summed E-state index contributed by atoms with van der Waals surface area (Å²) in [5.41, 5.74) is 3.35. The van der Waals surface area contributed by atoms with E-state index in [0.717, 1.165) is 28.9 Å². The summed E-state index contributed by atoms with van der Waals surface area (Å²) < 4.78 is 5.14. The highest BCUT2D eigenvalue weighted by atomic mass is 32.2. The summed E-state index contributed by atoms with van der Waals surface area (Å²) in [5.74, 6) is 0.974. The number of aryl methyl sites for hydroxylation is 2. The van der Waals surface area contributed by atoms with E-state index in [9.17, 15) is 0 Å². The van der Waals surface area contributed by atoms with Gasteiger partial charge in [-0.2, -0.15) is 0 Å². The highest BCUT2D eigenvalue weighted by Gasteiger charge is 2.22. The molecule has 0 saturated carbocycles. The Balaban J connectivity index is 2.08. The van der Waals surface area contributed by atoms with Gasteiger partial charge >= 0.3 is 0 Å². The van der Waals surface area contributed by atoms with Crippen LogP contribution in [0.25, 0.3) is 0 Å². The third kappa shape index (κ3) is 2.25. The number of thioether (sulfide) groups is 1. The van der Waals surface area contributed by atoms with E-state index in [1.54, 1.807) is 11.8 Å². The molecule has 1 atom stereocenters.